The molecule has 2 N–H and O–H groups in total. The van der Waals surface area contributed by atoms with Crippen molar-refractivity contribution in [2.75, 3.05) is 12.4 Å². The van der Waals surface area contributed by atoms with E-state index >= 15 is 0 Å². The topological polar surface area (TPSA) is 62.7 Å². The lowest BCUT2D eigenvalue weighted by molar-refractivity contribution is -0.120. The van der Waals surface area contributed by atoms with Crippen LogP contribution >= 0.6 is 11.8 Å². The van der Waals surface area contributed by atoms with Gasteiger partial charge in [0.15, 0.2) is 5.17 Å². The smallest absolute Gasteiger partial charge is 0.233 e. The van der Waals surface area contributed by atoms with Crippen LogP contribution in [0.25, 0.3) is 10.8 Å². The molecule has 142 valence electrons. The Kier molecular flexibility index (Phi) is 5.21. The van der Waals surface area contributed by atoms with E-state index in [9.17, 15) is 4.79 Å². The molecule has 0 aromatic heterocycles. The first-order valence-electron chi connectivity index (χ1n) is 9.09. The molecule has 1 atom stereocenters. The fourth-order valence-electron chi connectivity index (χ4n) is 3.12. The van der Waals surface area contributed by atoms with Crippen LogP contribution in [0.1, 0.15) is 12.5 Å². The van der Waals surface area contributed by atoms with Gasteiger partial charge < -0.3 is 15.4 Å². The van der Waals surface area contributed by atoms with Crippen LogP contribution in [0.5, 0.6) is 5.75 Å². The number of benzene rings is 3. The molecule has 0 bridgehead atoms. The highest BCUT2D eigenvalue weighted by atomic mass is 32.2. The Balaban J connectivity index is 1.40. The molecule has 0 radical (unpaired) electrons. The summed E-state index contributed by atoms with van der Waals surface area (Å²) in [6.45, 7) is 2.37. The minimum atomic E-state index is -0.269. The zero-order chi connectivity index (χ0) is 19.5. The number of carbonyl (C=O) groups is 1. The lowest BCUT2D eigenvalue weighted by atomic mass is 10.1. The number of methoxy groups -OCH3 is 1. The molecule has 6 heteroatoms. The summed E-state index contributed by atoms with van der Waals surface area (Å²) in [4.78, 5) is 17.2. The van der Waals surface area contributed by atoms with Crippen LogP contribution < -0.4 is 15.4 Å². The Morgan fingerprint density at radius 2 is 1.89 bits per heavy atom. The Morgan fingerprint density at radius 3 is 2.64 bits per heavy atom. The monoisotopic (exact) mass is 391 g/mol. The predicted molar refractivity (Wildman–Crippen MR) is 117 cm³/mol. The average molecular weight is 391 g/mol. The van der Waals surface area contributed by atoms with Crippen LogP contribution in [0.2, 0.25) is 0 Å². The number of carbonyl (C=O) groups excluding carboxylic acids is 1. The molecule has 1 aliphatic rings. The number of amides is 1. The molecule has 0 fully saturated rings. The van der Waals surface area contributed by atoms with E-state index in [1.54, 1.807) is 7.11 Å². The highest BCUT2D eigenvalue weighted by molar-refractivity contribution is 8.15. The fraction of sp³-hybridized carbons (Fsp3) is 0.182. The number of ether oxygens (including phenoxy) is 1. The number of thioether (sulfide) groups is 1. The van der Waals surface area contributed by atoms with Crippen molar-refractivity contribution in [1.82, 2.24) is 5.32 Å². The van der Waals surface area contributed by atoms with Gasteiger partial charge in [-0.2, -0.15) is 0 Å². The van der Waals surface area contributed by atoms with Crippen molar-refractivity contribution in [1.29, 1.82) is 0 Å². The molecular weight excluding hydrogens is 370 g/mol. The van der Waals surface area contributed by atoms with Crippen molar-refractivity contribution in [3.63, 3.8) is 0 Å². The SMILES string of the molecule is COc1ccc(CNC(=O)[C@@H](C)SC2=Nc3cccc4cccc(c34)N2)cc1. The molecule has 0 aliphatic carbocycles. The second kappa shape index (κ2) is 7.94. The molecule has 3 aromatic carbocycles. The number of nitrogens with one attached hydrogen (secondary N) is 2. The maximum absolute atomic E-state index is 12.5. The first kappa shape index (κ1) is 18.4. The molecule has 5 nitrogen and oxygen atoms in total. The van der Waals surface area contributed by atoms with Gasteiger partial charge in [-0.15, -0.1) is 0 Å². The molecule has 0 spiro atoms. The first-order valence-corrected chi connectivity index (χ1v) is 9.97. The summed E-state index contributed by atoms with van der Waals surface area (Å²) in [7, 11) is 1.64. The van der Waals surface area contributed by atoms with Crippen LogP contribution in [0.15, 0.2) is 65.7 Å². The van der Waals surface area contributed by atoms with Gasteiger partial charge in [0.1, 0.15) is 5.75 Å². The van der Waals surface area contributed by atoms with Gasteiger partial charge in [0.2, 0.25) is 5.91 Å². The Bertz CT molecular complexity index is 1040. The van der Waals surface area contributed by atoms with Crippen molar-refractivity contribution >= 4 is 45.0 Å². The normalized spacial score (nSPS) is 13.4. The Hall–Kier alpha value is -2.99. The third kappa shape index (κ3) is 3.82. The summed E-state index contributed by atoms with van der Waals surface area (Å²) in [6.07, 6.45) is 0. The van der Waals surface area contributed by atoms with E-state index in [1.165, 1.54) is 11.8 Å². The molecule has 0 saturated carbocycles. The van der Waals surface area contributed by atoms with Crippen LogP contribution in [-0.2, 0) is 11.3 Å². The van der Waals surface area contributed by atoms with Crippen LogP contribution in [-0.4, -0.2) is 23.4 Å². The minimum Gasteiger partial charge on any atom is -0.497 e. The number of hydrogen-bond acceptors (Lipinski definition) is 5. The van der Waals surface area contributed by atoms with Crippen molar-refractivity contribution in [2.24, 2.45) is 4.99 Å². The summed E-state index contributed by atoms with van der Waals surface area (Å²) < 4.78 is 5.15. The number of amidine groups is 1. The van der Waals surface area contributed by atoms with E-state index in [2.05, 4.69) is 22.8 Å². The van der Waals surface area contributed by atoms with E-state index in [0.29, 0.717) is 6.54 Å². The van der Waals surface area contributed by atoms with E-state index in [1.807, 2.05) is 55.5 Å². The molecule has 1 aliphatic heterocycles. The van der Waals surface area contributed by atoms with Gasteiger partial charge in [-0.25, -0.2) is 4.99 Å². The maximum atomic E-state index is 12.5. The minimum absolute atomic E-state index is 0.0256. The van der Waals surface area contributed by atoms with Crippen LogP contribution in [0.4, 0.5) is 11.4 Å². The summed E-state index contributed by atoms with van der Waals surface area (Å²) in [6, 6.07) is 19.9. The highest BCUT2D eigenvalue weighted by Gasteiger charge is 2.20. The molecule has 4 rings (SSSR count). The molecule has 0 unspecified atom stereocenters. The van der Waals surface area contributed by atoms with E-state index in [0.717, 1.165) is 38.6 Å². The lowest BCUT2D eigenvalue weighted by Crippen LogP contribution is -2.32. The molecular formula is C22H21N3O2S. The molecule has 1 amide bonds. The van der Waals surface area contributed by atoms with Crippen molar-refractivity contribution in [3.05, 3.63) is 66.2 Å². The third-order valence-corrected chi connectivity index (χ3v) is 5.61. The van der Waals surface area contributed by atoms with Crippen LogP contribution in [0, 0.1) is 0 Å². The number of nitrogens with zero attached hydrogens (tertiary/aromatic N) is 1. The molecule has 1 heterocycles. The first-order chi connectivity index (χ1) is 13.6. The standard InChI is InChI=1S/C22H21N3O2S/c1-14(21(26)23-13-15-9-11-17(27-2)12-10-15)28-22-24-18-7-3-5-16-6-4-8-19(25-22)20(16)18/h3-12,14H,13H2,1-2H3,(H,23,26)(H,24,25)/t14-/m1/s1. The van der Waals surface area contributed by atoms with Gasteiger partial charge in [-0.05, 0) is 42.1 Å². The highest BCUT2D eigenvalue weighted by Crippen LogP contribution is 2.37. The fourth-order valence-corrected chi connectivity index (χ4v) is 3.97. The average Bonchev–Trinajstić information content (AvgIpc) is 2.72. The van der Waals surface area contributed by atoms with E-state index in [4.69, 9.17) is 9.73 Å². The zero-order valence-electron chi connectivity index (χ0n) is 15.7. The lowest BCUT2D eigenvalue weighted by Gasteiger charge is -2.20. The summed E-state index contributed by atoms with van der Waals surface area (Å²) in [5.74, 6) is 0.776. The molecule has 28 heavy (non-hydrogen) atoms. The van der Waals surface area contributed by atoms with Gasteiger partial charge in [-0.3, -0.25) is 4.79 Å². The van der Waals surface area contributed by atoms with Crippen molar-refractivity contribution in [2.45, 2.75) is 18.7 Å². The largest absolute Gasteiger partial charge is 0.497 e. The second-order valence-corrected chi connectivity index (χ2v) is 7.88. The van der Waals surface area contributed by atoms with Gasteiger partial charge in [-0.1, -0.05) is 48.2 Å². The van der Waals surface area contributed by atoms with Gasteiger partial charge >= 0.3 is 0 Å². The third-order valence-electron chi connectivity index (χ3n) is 4.63. The zero-order valence-corrected chi connectivity index (χ0v) is 16.5. The number of hydrogen-bond donors (Lipinski definition) is 2. The number of rotatable bonds is 5. The van der Waals surface area contributed by atoms with E-state index in [-0.39, 0.29) is 11.2 Å². The summed E-state index contributed by atoms with van der Waals surface area (Å²) in [5.41, 5.74) is 2.98. The molecule has 3 aromatic rings. The van der Waals surface area contributed by atoms with Gasteiger partial charge in [0.05, 0.1) is 23.7 Å². The number of aliphatic imine (C=N–C) groups is 1. The van der Waals surface area contributed by atoms with Gasteiger partial charge in [0, 0.05) is 11.9 Å². The maximum Gasteiger partial charge on any atom is 0.233 e. The summed E-state index contributed by atoms with van der Waals surface area (Å²) >= 11 is 1.42. The number of anilines is 1. The second-order valence-electron chi connectivity index (χ2n) is 6.55. The molecule has 0 saturated heterocycles. The Labute approximate surface area is 168 Å². The Morgan fingerprint density at radius 1 is 1.14 bits per heavy atom. The predicted octanol–water partition coefficient (Wildman–Crippen LogP) is 4.70. The van der Waals surface area contributed by atoms with E-state index < -0.39 is 0 Å². The quantitative estimate of drug-likeness (QED) is 0.662. The van der Waals surface area contributed by atoms with Crippen LogP contribution in [0.3, 0.4) is 0 Å². The summed E-state index contributed by atoms with van der Waals surface area (Å²) in [5, 5.41) is 9.07. The van der Waals surface area contributed by atoms with Gasteiger partial charge in [0.25, 0.3) is 0 Å². The van der Waals surface area contributed by atoms with Crippen molar-refractivity contribution < 1.29 is 9.53 Å². The van der Waals surface area contributed by atoms with Crippen molar-refractivity contribution in [3.8, 4) is 5.75 Å².